The number of hydrogen-bond acceptors (Lipinski definition) is 7. The van der Waals surface area contributed by atoms with Crippen molar-refractivity contribution >= 4 is 27.6 Å². The topological polar surface area (TPSA) is 112 Å². The lowest BCUT2D eigenvalue weighted by Gasteiger charge is -2.13. The van der Waals surface area contributed by atoms with Crippen LogP contribution in [-0.2, 0) is 0 Å². The molecule has 0 aliphatic heterocycles. The van der Waals surface area contributed by atoms with Gasteiger partial charge < -0.3 is 9.88 Å². The van der Waals surface area contributed by atoms with Crippen LogP contribution in [0.4, 0.5) is 10.1 Å². The van der Waals surface area contributed by atoms with Crippen molar-refractivity contribution in [2.75, 3.05) is 19.0 Å². The van der Waals surface area contributed by atoms with E-state index in [0.29, 0.717) is 39.0 Å². The summed E-state index contributed by atoms with van der Waals surface area (Å²) in [5.41, 5.74) is 5.57. The Morgan fingerprint density at radius 3 is 2.56 bits per heavy atom. The van der Waals surface area contributed by atoms with Gasteiger partial charge >= 0.3 is 0 Å². The van der Waals surface area contributed by atoms with E-state index in [9.17, 15) is 0 Å². The highest BCUT2D eigenvalue weighted by Crippen LogP contribution is 2.34. The molecule has 0 aliphatic carbocycles. The minimum absolute atomic E-state index is 0.195. The molecule has 0 unspecified atom stereocenters. The number of aromatic nitrogens is 8. The minimum Gasteiger partial charge on any atom is -0.376 e. The highest BCUT2D eigenvalue weighted by Gasteiger charge is 2.21. The smallest absolute Gasteiger partial charge is 0.161 e. The van der Waals surface area contributed by atoms with Crippen molar-refractivity contribution < 1.29 is 4.39 Å². The minimum atomic E-state index is -0.495. The number of pyridine rings is 4. The van der Waals surface area contributed by atoms with Gasteiger partial charge in [-0.3, -0.25) is 25.0 Å². The Kier molecular flexibility index (Phi) is 4.51. The van der Waals surface area contributed by atoms with E-state index < -0.39 is 5.82 Å². The number of hydrogen-bond donors (Lipinski definition) is 2. The summed E-state index contributed by atoms with van der Waals surface area (Å²) in [6, 6.07) is 5.64. The van der Waals surface area contributed by atoms with E-state index in [2.05, 4.69) is 35.1 Å². The van der Waals surface area contributed by atoms with E-state index in [1.807, 2.05) is 37.2 Å². The van der Waals surface area contributed by atoms with Crippen LogP contribution in [0.25, 0.3) is 55.8 Å². The van der Waals surface area contributed by atoms with Gasteiger partial charge in [0.1, 0.15) is 16.9 Å². The van der Waals surface area contributed by atoms with Gasteiger partial charge in [-0.25, -0.2) is 9.37 Å². The van der Waals surface area contributed by atoms with E-state index in [4.69, 9.17) is 4.98 Å². The molecule has 0 aromatic carbocycles. The highest BCUT2D eigenvalue weighted by molar-refractivity contribution is 5.97. The summed E-state index contributed by atoms with van der Waals surface area (Å²) in [5.74, 6) is -0.0689. The van der Waals surface area contributed by atoms with Crippen LogP contribution in [0, 0.1) is 5.82 Å². The van der Waals surface area contributed by atoms with E-state index in [1.165, 1.54) is 0 Å². The SMILES string of the molecule is CN(C)c1cncc(-c2ncc3[nH]nc(-c4nc5c(-c6cccnc6)cncc5[nH]4)c3c2F)c1. The van der Waals surface area contributed by atoms with Crippen molar-refractivity contribution in [3.63, 3.8) is 0 Å². The van der Waals surface area contributed by atoms with Gasteiger partial charge in [-0.2, -0.15) is 5.10 Å². The monoisotopic (exact) mass is 451 g/mol. The molecule has 0 atom stereocenters. The first-order chi connectivity index (χ1) is 16.6. The van der Waals surface area contributed by atoms with Gasteiger partial charge in [0.05, 0.1) is 40.7 Å². The first-order valence-electron chi connectivity index (χ1n) is 10.5. The molecule has 6 rings (SSSR count). The Morgan fingerprint density at radius 2 is 1.74 bits per heavy atom. The van der Waals surface area contributed by atoms with Gasteiger partial charge in [-0.05, 0) is 12.1 Å². The van der Waals surface area contributed by atoms with Crippen LogP contribution in [0.3, 0.4) is 0 Å². The summed E-state index contributed by atoms with van der Waals surface area (Å²) in [5, 5.41) is 7.51. The predicted molar refractivity (Wildman–Crippen MR) is 128 cm³/mol. The number of nitrogens with zero attached hydrogens (tertiary/aromatic N) is 7. The number of imidazole rings is 1. The molecule has 9 nitrogen and oxygen atoms in total. The Bertz CT molecular complexity index is 1650. The zero-order chi connectivity index (χ0) is 23.2. The number of H-pyrrole nitrogens is 2. The average Bonchev–Trinajstić information content (AvgIpc) is 3.49. The molecule has 34 heavy (non-hydrogen) atoms. The molecule has 2 N–H and O–H groups in total. The summed E-state index contributed by atoms with van der Waals surface area (Å²) in [6.07, 6.45) is 11.8. The second kappa shape index (κ2) is 7.69. The molecule has 0 fully saturated rings. The maximum absolute atomic E-state index is 15.8. The predicted octanol–water partition coefficient (Wildman–Crippen LogP) is 4.23. The number of aromatic amines is 2. The second-order valence-corrected chi connectivity index (χ2v) is 8.02. The van der Waals surface area contributed by atoms with Crippen LogP contribution in [0.5, 0.6) is 0 Å². The van der Waals surface area contributed by atoms with E-state index in [-0.39, 0.29) is 5.69 Å². The van der Waals surface area contributed by atoms with Crippen LogP contribution in [0.2, 0.25) is 0 Å². The summed E-state index contributed by atoms with van der Waals surface area (Å²) < 4.78 is 15.8. The standard InChI is InChI=1S/C24H18FN9/c1-34(2)15-6-14(8-27-9-15)21-20(25)19-17(12-29-21)32-33-23(19)24-30-18-11-28-10-16(22(18)31-24)13-4-3-5-26-7-13/h3-12H,1-2H3,(H,30,31)(H,32,33). The number of anilines is 1. The molecule has 0 amide bonds. The molecule has 10 heteroatoms. The molecule has 0 radical (unpaired) electrons. The van der Waals surface area contributed by atoms with Crippen LogP contribution >= 0.6 is 0 Å². The number of halogens is 1. The molecule has 0 aliphatic rings. The Hall–Kier alpha value is -4.73. The number of rotatable bonds is 4. The fraction of sp³-hybridized carbons (Fsp3) is 0.0833. The molecule has 0 spiro atoms. The van der Waals surface area contributed by atoms with Gasteiger partial charge in [0.15, 0.2) is 11.6 Å². The fourth-order valence-corrected chi connectivity index (χ4v) is 3.93. The zero-order valence-electron chi connectivity index (χ0n) is 18.3. The Labute approximate surface area is 192 Å². The second-order valence-electron chi connectivity index (χ2n) is 8.02. The van der Waals surface area contributed by atoms with Gasteiger partial charge in [0.25, 0.3) is 0 Å². The van der Waals surface area contributed by atoms with Crippen molar-refractivity contribution in [2.24, 2.45) is 0 Å². The molecule has 6 aromatic rings. The highest BCUT2D eigenvalue weighted by atomic mass is 19.1. The quantitative estimate of drug-likeness (QED) is 0.413. The molecule has 0 saturated carbocycles. The van der Waals surface area contributed by atoms with Gasteiger partial charge in [0, 0.05) is 55.6 Å². The van der Waals surface area contributed by atoms with Crippen molar-refractivity contribution in [3.8, 4) is 33.9 Å². The van der Waals surface area contributed by atoms with E-state index in [0.717, 1.165) is 16.8 Å². The lowest BCUT2D eigenvalue weighted by atomic mass is 10.1. The first-order valence-corrected chi connectivity index (χ1v) is 10.5. The maximum atomic E-state index is 15.8. The maximum Gasteiger partial charge on any atom is 0.161 e. The molecule has 0 saturated heterocycles. The van der Waals surface area contributed by atoms with Gasteiger partial charge in [-0.1, -0.05) is 6.07 Å². The number of fused-ring (bicyclic) bond motifs is 2. The third-order valence-electron chi connectivity index (χ3n) is 5.65. The van der Waals surface area contributed by atoms with Crippen LogP contribution in [0.1, 0.15) is 0 Å². The Balaban J connectivity index is 1.52. The summed E-state index contributed by atoms with van der Waals surface area (Å²) >= 11 is 0. The first kappa shape index (κ1) is 19.9. The third-order valence-corrected chi connectivity index (χ3v) is 5.65. The zero-order valence-corrected chi connectivity index (χ0v) is 18.3. The molecular weight excluding hydrogens is 433 g/mol. The summed E-state index contributed by atoms with van der Waals surface area (Å²) in [7, 11) is 3.80. The van der Waals surface area contributed by atoms with Crippen LogP contribution in [-0.4, -0.2) is 54.2 Å². The average molecular weight is 451 g/mol. The Morgan fingerprint density at radius 1 is 0.882 bits per heavy atom. The van der Waals surface area contributed by atoms with Crippen molar-refractivity contribution in [3.05, 3.63) is 67.4 Å². The van der Waals surface area contributed by atoms with Crippen molar-refractivity contribution in [1.82, 2.24) is 40.1 Å². The van der Waals surface area contributed by atoms with Crippen LogP contribution < -0.4 is 4.90 Å². The van der Waals surface area contributed by atoms with Crippen molar-refractivity contribution in [1.29, 1.82) is 0 Å². The summed E-state index contributed by atoms with van der Waals surface area (Å²) in [4.78, 5) is 26.9. The molecule has 0 bridgehead atoms. The number of nitrogens with one attached hydrogen (secondary N) is 2. The molecule has 6 heterocycles. The summed E-state index contributed by atoms with van der Waals surface area (Å²) in [6.45, 7) is 0. The lowest BCUT2D eigenvalue weighted by Crippen LogP contribution is -2.09. The van der Waals surface area contributed by atoms with Crippen molar-refractivity contribution in [2.45, 2.75) is 0 Å². The molecule has 6 aromatic heterocycles. The third kappa shape index (κ3) is 3.15. The van der Waals surface area contributed by atoms with Gasteiger partial charge in [0.2, 0.25) is 0 Å². The van der Waals surface area contributed by atoms with E-state index in [1.54, 1.807) is 43.4 Å². The van der Waals surface area contributed by atoms with E-state index >= 15 is 4.39 Å². The van der Waals surface area contributed by atoms with Crippen LogP contribution in [0.15, 0.2) is 61.6 Å². The molecular formula is C24H18FN9. The van der Waals surface area contributed by atoms with Gasteiger partial charge in [-0.15, -0.1) is 0 Å². The fourth-order valence-electron chi connectivity index (χ4n) is 3.93. The molecule has 166 valence electrons. The normalized spacial score (nSPS) is 11.4. The largest absolute Gasteiger partial charge is 0.376 e. The lowest BCUT2D eigenvalue weighted by molar-refractivity contribution is 0.638.